The summed E-state index contributed by atoms with van der Waals surface area (Å²) >= 11 is 2.05. The van der Waals surface area contributed by atoms with Gasteiger partial charge in [-0.25, -0.2) is 0 Å². The monoisotopic (exact) mass is 916 g/mol. The zero-order valence-corrected chi connectivity index (χ0v) is 42.9. The molecule has 1 aromatic heterocycles. The molecule has 13 rings (SSSR count). The molecule has 0 bridgehead atoms. The Morgan fingerprint density at radius 3 is 1.83 bits per heavy atom. The molecule has 1 spiro atoms. The highest BCUT2D eigenvalue weighted by molar-refractivity contribution is 7.20. The van der Waals surface area contributed by atoms with Gasteiger partial charge in [0.1, 0.15) is 5.75 Å². The Hall–Kier alpha value is -6.30. The van der Waals surface area contributed by atoms with E-state index in [4.69, 9.17) is 4.74 Å². The SMILES string of the molecule is Cc1cc2c3c(c1)N(c1ccc(C(C)(C)C)cc1-c1ccccc1)c1sc4c(c1B3c1cc3c(cc1N2c1ccc(C(C)(C)C)cc1)CC1(O3)c2ccccc2-c2ccccc21)C(C)(C)CC4(C)C. The molecule has 0 radical (unpaired) electrons. The topological polar surface area (TPSA) is 15.7 Å². The standard InChI is InChI=1S/C64H61BN2OS/c1-38-31-52-56-53(32-38)67(50-30-27-42(61(5,6)7)34-46(50)39-19-13-12-14-20-39)59-57(55-58(69-59)63(10,11)37-62(55,8)9)65(56)49-35-54-40(33-51(49)66(52)43-28-25-41(26-29-43)60(2,3)4)36-64(68-54)47-23-17-15-21-44(47)45-22-16-18-24-48(45)64/h12-35H,36-37H2,1-11H3. The van der Waals surface area contributed by atoms with Crippen LogP contribution in [0.15, 0.2) is 146 Å². The van der Waals surface area contributed by atoms with E-state index in [0.29, 0.717) is 0 Å². The fourth-order valence-corrected chi connectivity index (χ4v) is 15.1. The zero-order valence-electron chi connectivity index (χ0n) is 42.1. The number of fused-ring (bicyclic) bond motifs is 12. The molecule has 7 aromatic carbocycles. The second kappa shape index (κ2) is 14.2. The lowest BCUT2D eigenvalue weighted by Crippen LogP contribution is -2.62. The summed E-state index contributed by atoms with van der Waals surface area (Å²) in [6.07, 6.45) is 1.88. The van der Waals surface area contributed by atoms with E-state index in [-0.39, 0.29) is 28.4 Å². The quantitative estimate of drug-likeness (QED) is 0.164. The van der Waals surface area contributed by atoms with Crippen molar-refractivity contribution in [1.29, 1.82) is 0 Å². The summed E-state index contributed by atoms with van der Waals surface area (Å²) < 4.78 is 7.62. The van der Waals surface area contributed by atoms with E-state index in [2.05, 4.69) is 243 Å². The Bertz CT molecular complexity index is 3430. The minimum atomic E-state index is -0.593. The Morgan fingerprint density at radius 2 is 1.17 bits per heavy atom. The maximum Gasteiger partial charge on any atom is 0.253 e. The molecule has 0 amide bonds. The molecule has 0 unspecified atom stereocenters. The van der Waals surface area contributed by atoms with Crippen LogP contribution < -0.4 is 30.9 Å². The van der Waals surface area contributed by atoms with Gasteiger partial charge in [-0.2, -0.15) is 0 Å². The first-order valence-corrected chi connectivity index (χ1v) is 25.9. The smallest absolute Gasteiger partial charge is 0.253 e. The first kappa shape index (κ1) is 42.8. The lowest BCUT2D eigenvalue weighted by Gasteiger charge is -2.44. The summed E-state index contributed by atoms with van der Waals surface area (Å²) in [6.45, 7) is 26.2. The molecule has 4 heterocycles. The Balaban J connectivity index is 1.12. The lowest BCUT2D eigenvalue weighted by molar-refractivity contribution is 0.145. The minimum Gasteiger partial charge on any atom is -0.477 e. The average molecular weight is 917 g/mol. The summed E-state index contributed by atoms with van der Waals surface area (Å²) in [6, 6.07) is 55.7. The average Bonchev–Trinajstić information content (AvgIpc) is 4.02. The van der Waals surface area contributed by atoms with Gasteiger partial charge in [-0.1, -0.05) is 166 Å². The number of nitrogens with zero attached hydrogens (tertiary/aromatic N) is 2. The van der Waals surface area contributed by atoms with E-state index >= 15 is 0 Å². The fourth-order valence-electron chi connectivity index (χ4n) is 13.4. The maximum atomic E-state index is 7.62. The molecule has 3 aliphatic heterocycles. The predicted molar refractivity (Wildman–Crippen MR) is 294 cm³/mol. The summed E-state index contributed by atoms with van der Waals surface area (Å²) in [5.41, 5.74) is 24.0. The number of anilines is 6. The lowest BCUT2D eigenvalue weighted by atomic mass is 9.33. The van der Waals surface area contributed by atoms with Crippen LogP contribution in [-0.2, 0) is 33.7 Å². The molecule has 69 heavy (non-hydrogen) atoms. The van der Waals surface area contributed by atoms with Gasteiger partial charge < -0.3 is 14.5 Å². The summed E-state index contributed by atoms with van der Waals surface area (Å²) in [5.74, 6) is 1.000. The Morgan fingerprint density at radius 1 is 0.565 bits per heavy atom. The van der Waals surface area contributed by atoms with Gasteiger partial charge >= 0.3 is 0 Å². The van der Waals surface area contributed by atoms with Gasteiger partial charge in [0, 0.05) is 61.7 Å². The summed E-state index contributed by atoms with van der Waals surface area (Å²) in [7, 11) is 0. The van der Waals surface area contributed by atoms with E-state index in [1.807, 2.05) is 0 Å². The molecule has 8 aromatic rings. The van der Waals surface area contributed by atoms with Gasteiger partial charge in [0.15, 0.2) is 5.60 Å². The zero-order chi connectivity index (χ0) is 47.7. The normalized spacial score (nSPS) is 17.2. The van der Waals surface area contributed by atoms with Crippen LogP contribution in [0.2, 0.25) is 0 Å². The Labute approximate surface area is 413 Å². The molecule has 5 aliphatic rings. The predicted octanol–water partition coefficient (Wildman–Crippen LogP) is 15.2. The molecule has 5 heteroatoms. The molecule has 0 saturated carbocycles. The molecule has 0 N–H and O–H groups in total. The third-order valence-electron chi connectivity index (χ3n) is 16.3. The first-order chi connectivity index (χ1) is 32.8. The minimum absolute atomic E-state index is 0.0160. The molecule has 0 saturated heterocycles. The van der Waals surface area contributed by atoms with Gasteiger partial charge in [-0.15, -0.1) is 11.3 Å². The van der Waals surface area contributed by atoms with Gasteiger partial charge in [0.2, 0.25) is 0 Å². The van der Waals surface area contributed by atoms with E-state index in [1.165, 1.54) is 116 Å². The van der Waals surface area contributed by atoms with Crippen molar-refractivity contribution >= 4 is 67.9 Å². The second-order valence-electron chi connectivity index (χ2n) is 24.2. The third-order valence-corrected chi connectivity index (χ3v) is 17.9. The number of hydrogen-bond donors (Lipinski definition) is 0. The highest BCUT2D eigenvalue weighted by atomic mass is 32.1. The summed E-state index contributed by atoms with van der Waals surface area (Å²) in [4.78, 5) is 6.83. The van der Waals surface area contributed by atoms with Crippen LogP contribution in [0, 0.1) is 6.92 Å². The van der Waals surface area contributed by atoms with Crippen molar-refractivity contribution < 1.29 is 4.74 Å². The van der Waals surface area contributed by atoms with Gasteiger partial charge in [0.05, 0.1) is 10.7 Å². The van der Waals surface area contributed by atoms with Crippen molar-refractivity contribution in [2.24, 2.45) is 0 Å². The van der Waals surface area contributed by atoms with Crippen molar-refractivity contribution in [2.75, 3.05) is 9.80 Å². The second-order valence-corrected chi connectivity index (χ2v) is 25.1. The van der Waals surface area contributed by atoms with Crippen LogP contribution in [0.5, 0.6) is 5.75 Å². The van der Waals surface area contributed by atoms with E-state index in [1.54, 1.807) is 0 Å². The highest BCUT2D eigenvalue weighted by Gasteiger charge is 2.55. The van der Waals surface area contributed by atoms with E-state index < -0.39 is 5.60 Å². The molecule has 3 nitrogen and oxygen atoms in total. The fraction of sp³-hybridized carbons (Fsp3) is 0.281. The first-order valence-electron chi connectivity index (χ1n) is 25.1. The largest absolute Gasteiger partial charge is 0.477 e. The van der Waals surface area contributed by atoms with Crippen LogP contribution in [0.25, 0.3) is 22.3 Å². The van der Waals surface area contributed by atoms with Crippen molar-refractivity contribution in [3.63, 3.8) is 0 Å². The maximum absolute atomic E-state index is 7.62. The van der Waals surface area contributed by atoms with Crippen molar-refractivity contribution in [3.8, 4) is 28.0 Å². The Kier molecular flexibility index (Phi) is 8.78. The molecule has 0 fully saturated rings. The molecular weight excluding hydrogens is 856 g/mol. The number of ether oxygens (including phenoxy) is 1. The molecular formula is C64H61BN2OS. The number of rotatable bonds is 3. The van der Waals surface area contributed by atoms with Crippen LogP contribution >= 0.6 is 11.3 Å². The molecule has 0 atom stereocenters. The molecule has 342 valence electrons. The van der Waals surface area contributed by atoms with Crippen LogP contribution in [0.3, 0.4) is 0 Å². The van der Waals surface area contributed by atoms with Crippen molar-refractivity contribution in [3.05, 3.63) is 189 Å². The number of aryl methyl sites for hydroxylation is 1. The number of hydrogen-bond acceptors (Lipinski definition) is 4. The van der Waals surface area contributed by atoms with Crippen molar-refractivity contribution in [1.82, 2.24) is 0 Å². The van der Waals surface area contributed by atoms with Crippen LogP contribution in [0.1, 0.15) is 119 Å². The van der Waals surface area contributed by atoms with Gasteiger partial charge in [0.25, 0.3) is 6.71 Å². The molecule has 2 aliphatic carbocycles. The van der Waals surface area contributed by atoms with Gasteiger partial charge in [-0.05, 0) is 133 Å². The van der Waals surface area contributed by atoms with Crippen LogP contribution in [0.4, 0.5) is 33.4 Å². The third kappa shape index (κ3) is 6.05. The van der Waals surface area contributed by atoms with Crippen molar-refractivity contribution in [2.45, 2.75) is 116 Å². The van der Waals surface area contributed by atoms with E-state index in [0.717, 1.165) is 18.6 Å². The van der Waals surface area contributed by atoms with E-state index in [9.17, 15) is 0 Å². The number of thiophene rings is 1. The highest BCUT2D eigenvalue weighted by Crippen LogP contribution is 2.60. The van der Waals surface area contributed by atoms with Gasteiger partial charge in [-0.3, -0.25) is 0 Å². The summed E-state index contributed by atoms with van der Waals surface area (Å²) in [5, 5.41) is 1.35. The van der Waals surface area contributed by atoms with Crippen LogP contribution in [-0.4, -0.2) is 6.71 Å². The number of benzene rings is 7.